The molecule has 0 atom stereocenters. The number of aromatic nitrogens is 4. The van der Waals surface area contributed by atoms with Gasteiger partial charge in [0.25, 0.3) is 5.78 Å². The van der Waals surface area contributed by atoms with Crippen LogP contribution in [0.5, 0.6) is 0 Å². The molecular weight excluding hydrogens is 304 g/mol. The van der Waals surface area contributed by atoms with Gasteiger partial charge in [-0.15, -0.1) is 5.10 Å². The number of rotatable bonds is 4. The first-order chi connectivity index (χ1) is 11.6. The van der Waals surface area contributed by atoms with Crippen LogP contribution in [0.2, 0.25) is 0 Å². The summed E-state index contributed by atoms with van der Waals surface area (Å²) < 4.78 is 1.53. The van der Waals surface area contributed by atoms with Crippen molar-refractivity contribution in [1.82, 2.24) is 25.0 Å². The SMILES string of the molecule is Cc1cc(C)n2nc(C(=O)N/N=C/C=C/c3ccccc3)nc2n1. The summed E-state index contributed by atoms with van der Waals surface area (Å²) in [5.41, 5.74) is 5.13. The van der Waals surface area contributed by atoms with E-state index in [4.69, 9.17) is 0 Å². The van der Waals surface area contributed by atoms with Crippen molar-refractivity contribution in [2.45, 2.75) is 13.8 Å². The summed E-state index contributed by atoms with van der Waals surface area (Å²) in [6.07, 6.45) is 5.12. The Balaban J connectivity index is 1.66. The highest BCUT2D eigenvalue weighted by Crippen LogP contribution is 2.05. The molecule has 0 saturated heterocycles. The van der Waals surface area contributed by atoms with Crippen molar-refractivity contribution >= 4 is 24.0 Å². The predicted octanol–water partition coefficient (Wildman–Crippen LogP) is 2.17. The molecule has 0 saturated carbocycles. The zero-order valence-electron chi connectivity index (χ0n) is 13.3. The van der Waals surface area contributed by atoms with E-state index in [1.807, 2.05) is 56.3 Å². The van der Waals surface area contributed by atoms with Crippen molar-refractivity contribution in [2.75, 3.05) is 0 Å². The Bertz CT molecular complexity index is 927. The number of hydrogen-bond acceptors (Lipinski definition) is 5. The lowest BCUT2D eigenvalue weighted by atomic mass is 10.2. The van der Waals surface area contributed by atoms with E-state index < -0.39 is 5.91 Å². The minimum atomic E-state index is -0.484. The van der Waals surface area contributed by atoms with Crippen LogP contribution < -0.4 is 5.43 Å². The van der Waals surface area contributed by atoms with Crippen LogP contribution in [0.1, 0.15) is 27.6 Å². The number of fused-ring (bicyclic) bond motifs is 1. The number of carbonyl (C=O) groups excluding carboxylic acids is 1. The van der Waals surface area contributed by atoms with Gasteiger partial charge in [-0.1, -0.05) is 36.4 Å². The Kier molecular flexibility index (Phi) is 4.42. The van der Waals surface area contributed by atoms with Gasteiger partial charge >= 0.3 is 5.91 Å². The molecule has 0 bridgehead atoms. The minimum Gasteiger partial charge on any atom is -0.264 e. The standard InChI is InChI=1S/C17H16N6O/c1-12-11-13(2)23-17(19-12)20-15(22-23)16(24)21-18-10-6-9-14-7-4-3-5-8-14/h3-11H,1-2H3,(H,21,24)/b9-6+,18-10+. The molecule has 24 heavy (non-hydrogen) atoms. The van der Waals surface area contributed by atoms with Crippen molar-refractivity contribution in [1.29, 1.82) is 0 Å². The molecule has 7 heteroatoms. The van der Waals surface area contributed by atoms with Gasteiger partial charge in [0.2, 0.25) is 5.82 Å². The highest BCUT2D eigenvalue weighted by Gasteiger charge is 2.14. The molecular formula is C17H16N6O. The molecule has 0 spiro atoms. The number of aryl methyl sites for hydroxylation is 2. The lowest BCUT2D eigenvalue weighted by molar-refractivity contribution is 0.0945. The van der Waals surface area contributed by atoms with Crippen LogP contribution in [0.3, 0.4) is 0 Å². The molecule has 2 heterocycles. The molecule has 0 aliphatic heterocycles. The van der Waals surface area contributed by atoms with Crippen molar-refractivity contribution < 1.29 is 4.79 Å². The van der Waals surface area contributed by atoms with Crippen molar-refractivity contribution in [3.63, 3.8) is 0 Å². The third kappa shape index (κ3) is 3.52. The molecule has 2 aromatic heterocycles. The van der Waals surface area contributed by atoms with Gasteiger partial charge in [-0.3, -0.25) is 4.79 Å². The normalized spacial score (nSPS) is 11.6. The van der Waals surface area contributed by atoms with Gasteiger partial charge in [-0.05, 0) is 31.6 Å². The first-order valence-corrected chi connectivity index (χ1v) is 7.39. The summed E-state index contributed by atoms with van der Waals surface area (Å²) in [4.78, 5) is 20.4. The zero-order valence-corrected chi connectivity index (χ0v) is 13.3. The van der Waals surface area contributed by atoms with E-state index in [1.165, 1.54) is 10.7 Å². The molecule has 3 rings (SSSR count). The van der Waals surface area contributed by atoms with Gasteiger partial charge < -0.3 is 0 Å². The third-order valence-electron chi connectivity index (χ3n) is 3.24. The molecule has 0 unspecified atom stereocenters. The average molecular weight is 320 g/mol. The second kappa shape index (κ2) is 6.82. The van der Waals surface area contributed by atoms with Crippen LogP contribution in [0.25, 0.3) is 11.9 Å². The number of benzene rings is 1. The molecule has 0 aliphatic carbocycles. The summed E-state index contributed by atoms with van der Waals surface area (Å²) in [5, 5.41) is 7.99. The molecule has 1 N–H and O–H groups in total. The predicted molar refractivity (Wildman–Crippen MR) is 91.7 cm³/mol. The fourth-order valence-electron chi connectivity index (χ4n) is 2.17. The smallest absolute Gasteiger partial charge is 0.264 e. The number of nitrogens with one attached hydrogen (secondary N) is 1. The van der Waals surface area contributed by atoms with E-state index in [9.17, 15) is 4.79 Å². The van der Waals surface area contributed by atoms with Crippen LogP contribution in [0.4, 0.5) is 0 Å². The maximum Gasteiger partial charge on any atom is 0.311 e. The maximum absolute atomic E-state index is 12.0. The third-order valence-corrected chi connectivity index (χ3v) is 3.24. The van der Waals surface area contributed by atoms with E-state index in [0.29, 0.717) is 5.78 Å². The Hall–Kier alpha value is -3.35. The van der Waals surface area contributed by atoms with Gasteiger partial charge in [0.15, 0.2) is 0 Å². The van der Waals surface area contributed by atoms with E-state index in [0.717, 1.165) is 17.0 Å². The zero-order chi connectivity index (χ0) is 16.9. The second-order valence-corrected chi connectivity index (χ2v) is 5.18. The van der Waals surface area contributed by atoms with Crippen LogP contribution in [-0.4, -0.2) is 31.7 Å². The second-order valence-electron chi connectivity index (χ2n) is 5.18. The number of hydrazone groups is 1. The van der Waals surface area contributed by atoms with Crippen LogP contribution >= 0.6 is 0 Å². The summed E-state index contributed by atoms with van der Waals surface area (Å²) in [7, 11) is 0. The first-order valence-electron chi connectivity index (χ1n) is 7.39. The van der Waals surface area contributed by atoms with E-state index in [2.05, 4.69) is 25.6 Å². The quantitative estimate of drug-likeness (QED) is 0.590. The molecule has 1 amide bonds. The highest BCUT2D eigenvalue weighted by atomic mass is 16.2. The van der Waals surface area contributed by atoms with Crippen molar-refractivity contribution in [3.8, 4) is 0 Å². The molecule has 3 aromatic rings. The van der Waals surface area contributed by atoms with Crippen molar-refractivity contribution in [2.24, 2.45) is 5.10 Å². The number of nitrogens with zero attached hydrogens (tertiary/aromatic N) is 5. The van der Waals surface area contributed by atoms with Crippen LogP contribution in [-0.2, 0) is 0 Å². The number of amides is 1. The largest absolute Gasteiger partial charge is 0.311 e. The Morgan fingerprint density at radius 3 is 2.79 bits per heavy atom. The fraction of sp³-hybridized carbons (Fsp3) is 0.118. The summed E-state index contributed by atoms with van der Waals surface area (Å²) in [6.45, 7) is 3.75. The van der Waals surface area contributed by atoms with Crippen molar-refractivity contribution in [3.05, 3.63) is 65.2 Å². The van der Waals surface area contributed by atoms with E-state index in [1.54, 1.807) is 6.08 Å². The fourth-order valence-corrected chi connectivity index (χ4v) is 2.17. The average Bonchev–Trinajstić information content (AvgIpc) is 3.00. The lowest BCUT2D eigenvalue weighted by Gasteiger charge is -1.97. The molecule has 7 nitrogen and oxygen atoms in total. The molecule has 0 fully saturated rings. The Morgan fingerprint density at radius 2 is 2.00 bits per heavy atom. The molecule has 1 aromatic carbocycles. The minimum absolute atomic E-state index is 0.0281. The lowest BCUT2D eigenvalue weighted by Crippen LogP contribution is -2.19. The summed E-state index contributed by atoms with van der Waals surface area (Å²) >= 11 is 0. The topological polar surface area (TPSA) is 84.5 Å². The molecule has 120 valence electrons. The molecule has 0 radical (unpaired) electrons. The Labute approximate surface area is 138 Å². The highest BCUT2D eigenvalue weighted by molar-refractivity contribution is 5.91. The summed E-state index contributed by atoms with van der Waals surface area (Å²) in [6, 6.07) is 11.7. The van der Waals surface area contributed by atoms with Gasteiger partial charge in [-0.2, -0.15) is 10.1 Å². The maximum atomic E-state index is 12.0. The monoisotopic (exact) mass is 320 g/mol. The molecule has 0 aliphatic rings. The summed E-state index contributed by atoms with van der Waals surface area (Å²) in [5.74, 6) is -0.0621. The van der Waals surface area contributed by atoms with Gasteiger partial charge in [0.05, 0.1) is 0 Å². The number of allylic oxidation sites excluding steroid dienone is 1. The van der Waals surface area contributed by atoms with E-state index in [-0.39, 0.29) is 5.82 Å². The number of carbonyl (C=O) groups is 1. The van der Waals surface area contributed by atoms with Gasteiger partial charge in [0.1, 0.15) is 0 Å². The van der Waals surface area contributed by atoms with Gasteiger partial charge in [0, 0.05) is 17.6 Å². The Morgan fingerprint density at radius 1 is 1.21 bits per heavy atom. The first kappa shape index (κ1) is 15.5. The van der Waals surface area contributed by atoms with Gasteiger partial charge in [-0.25, -0.2) is 14.9 Å². The van der Waals surface area contributed by atoms with Crippen LogP contribution in [0, 0.1) is 13.8 Å². The van der Waals surface area contributed by atoms with Crippen LogP contribution in [0.15, 0.2) is 47.6 Å². The van der Waals surface area contributed by atoms with E-state index >= 15 is 0 Å². The number of hydrogen-bond donors (Lipinski definition) is 1.